The maximum Gasteiger partial charge on any atom is 0.243 e. The van der Waals surface area contributed by atoms with Gasteiger partial charge in [0.25, 0.3) is 0 Å². The molecule has 20 heavy (non-hydrogen) atoms. The molecule has 1 aromatic carbocycles. The average Bonchev–Trinajstić information content (AvgIpc) is 3.12. The van der Waals surface area contributed by atoms with Crippen LogP contribution < -0.4 is 0 Å². The molecule has 2 aliphatic rings. The fourth-order valence-corrected chi connectivity index (χ4v) is 4.45. The first kappa shape index (κ1) is 13.8. The molecule has 0 atom stereocenters. The number of benzene rings is 1. The summed E-state index contributed by atoms with van der Waals surface area (Å²) in [7, 11) is -3.45. The summed E-state index contributed by atoms with van der Waals surface area (Å²) in [4.78, 5) is 12.4. The molecule has 1 aliphatic carbocycles. The second-order valence-corrected chi connectivity index (χ2v) is 7.64. The number of ketones is 1. The highest BCUT2D eigenvalue weighted by Gasteiger charge is 2.33. The Morgan fingerprint density at radius 2 is 1.85 bits per heavy atom. The standard InChI is InChI=1S/C15H19NO3S/c1-11-4-5-13(15(17)12-6-7-12)10-14(11)20(18,19)16-8-2-3-9-16/h4-5,10,12H,2-3,6-9H2,1H3. The van der Waals surface area contributed by atoms with Gasteiger partial charge in [-0.3, -0.25) is 4.79 Å². The molecule has 108 valence electrons. The molecule has 1 heterocycles. The van der Waals surface area contributed by atoms with Crippen LogP contribution in [0.1, 0.15) is 41.6 Å². The largest absolute Gasteiger partial charge is 0.294 e. The number of hydrogen-bond acceptors (Lipinski definition) is 3. The van der Waals surface area contributed by atoms with Crippen molar-refractivity contribution in [3.8, 4) is 0 Å². The van der Waals surface area contributed by atoms with E-state index in [2.05, 4.69) is 0 Å². The maximum atomic E-state index is 12.6. The van der Waals surface area contributed by atoms with E-state index in [4.69, 9.17) is 0 Å². The van der Waals surface area contributed by atoms with Crippen molar-refractivity contribution in [2.45, 2.75) is 37.5 Å². The molecule has 1 aromatic rings. The number of hydrogen-bond donors (Lipinski definition) is 0. The van der Waals surface area contributed by atoms with E-state index in [9.17, 15) is 13.2 Å². The average molecular weight is 293 g/mol. The van der Waals surface area contributed by atoms with Gasteiger partial charge in [-0.05, 0) is 44.2 Å². The topological polar surface area (TPSA) is 54.5 Å². The molecule has 0 spiro atoms. The second kappa shape index (κ2) is 4.97. The van der Waals surface area contributed by atoms with Gasteiger partial charge in [-0.15, -0.1) is 0 Å². The summed E-state index contributed by atoms with van der Waals surface area (Å²) in [5.41, 5.74) is 1.25. The van der Waals surface area contributed by atoms with E-state index in [1.165, 1.54) is 4.31 Å². The van der Waals surface area contributed by atoms with Gasteiger partial charge in [-0.1, -0.05) is 12.1 Å². The third-order valence-electron chi connectivity index (χ3n) is 4.10. The molecule has 0 unspecified atom stereocenters. The van der Waals surface area contributed by atoms with E-state index in [1.54, 1.807) is 25.1 Å². The molecule has 0 bridgehead atoms. The molecule has 1 saturated heterocycles. The fourth-order valence-electron chi connectivity index (χ4n) is 2.68. The minimum atomic E-state index is -3.45. The molecule has 0 N–H and O–H groups in total. The maximum absolute atomic E-state index is 12.6. The Morgan fingerprint density at radius 3 is 2.45 bits per heavy atom. The Labute approximate surface area is 119 Å². The zero-order valence-electron chi connectivity index (χ0n) is 11.6. The van der Waals surface area contributed by atoms with E-state index < -0.39 is 10.0 Å². The highest BCUT2D eigenvalue weighted by molar-refractivity contribution is 7.89. The molecule has 0 amide bonds. The van der Waals surface area contributed by atoms with Crippen LogP contribution in [0.2, 0.25) is 0 Å². The monoisotopic (exact) mass is 293 g/mol. The quantitative estimate of drug-likeness (QED) is 0.801. The number of rotatable bonds is 4. The lowest BCUT2D eigenvalue weighted by Crippen LogP contribution is -2.28. The summed E-state index contributed by atoms with van der Waals surface area (Å²) in [5.74, 6) is 0.197. The van der Waals surface area contributed by atoms with Gasteiger partial charge in [-0.2, -0.15) is 4.31 Å². The second-order valence-electron chi connectivity index (χ2n) is 5.73. The number of carbonyl (C=O) groups excluding carboxylic acids is 1. The predicted octanol–water partition coefficient (Wildman–Crippen LogP) is 2.37. The number of aryl methyl sites for hydroxylation is 1. The van der Waals surface area contributed by atoms with Gasteiger partial charge in [0, 0.05) is 24.6 Å². The normalized spacial score (nSPS) is 20.2. The summed E-state index contributed by atoms with van der Waals surface area (Å²) >= 11 is 0. The molecular weight excluding hydrogens is 274 g/mol. The van der Waals surface area contributed by atoms with Gasteiger partial charge in [0.2, 0.25) is 10.0 Å². The van der Waals surface area contributed by atoms with E-state index in [1.807, 2.05) is 0 Å². The first-order chi connectivity index (χ1) is 9.50. The molecule has 3 rings (SSSR count). The van der Waals surface area contributed by atoms with Crippen molar-refractivity contribution in [2.75, 3.05) is 13.1 Å². The smallest absolute Gasteiger partial charge is 0.243 e. The van der Waals surface area contributed by atoms with Gasteiger partial charge < -0.3 is 0 Å². The Morgan fingerprint density at radius 1 is 1.20 bits per heavy atom. The van der Waals surface area contributed by atoms with Crippen LogP contribution in [0.5, 0.6) is 0 Å². The van der Waals surface area contributed by atoms with Crippen LogP contribution in [-0.4, -0.2) is 31.6 Å². The van der Waals surface area contributed by atoms with Crippen molar-refractivity contribution in [3.05, 3.63) is 29.3 Å². The van der Waals surface area contributed by atoms with Crippen molar-refractivity contribution in [1.82, 2.24) is 4.31 Å². The predicted molar refractivity (Wildman–Crippen MR) is 76.2 cm³/mol. The lowest BCUT2D eigenvalue weighted by atomic mass is 10.1. The molecule has 0 radical (unpaired) electrons. The lowest BCUT2D eigenvalue weighted by Gasteiger charge is -2.17. The fraction of sp³-hybridized carbons (Fsp3) is 0.533. The van der Waals surface area contributed by atoms with E-state index in [-0.39, 0.29) is 11.7 Å². The van der Waals surface area contributed by atoms with Crippen molar-refractivity contribution in [3.63, 3.8) is 0 Å². The van der Waals surface area contributed by atoms with Gasteiger partial charge >= 0.3 is 0 Å². The number of sulfonamides is 1. The number of Topliss-reactive ketones (excluding diaryl/α,β-unsaturated/α-hetero) is 1. The van der Waals surface area contributed by atoms with Gasteiger partial charge in [0.15, 0.2) is 5.78 Å². The zero-order chi connectivity index (χ0) is 14.3. The Kier molecular flexibility index (Phi) is 3.42. The molecular formula is C15H19NO3S. The SMILES string of the molecule is Cc1ccc(C(=O)C2CC2)cc1S(=O)(=O)N1CCCC1. The number of nitrogens with zero attached hydrogens (tertiary/aromatic N) is 1. The zero-order valence-corrected chi connectivity index (χ0v) is 12.4. The summed E-state index contributed by atoms with van der Waals surface area (Å²) < 4.78 is 26.8. The molecule has 4 nitrogen and oxygen atoms in total. The van der Waals surface area contributed by atoms with Crippen LogP contribution in [0.4, 0.5) is 0 Å². The van der Waals surface area contributed by atoms with E-state index in [0.29, 0.717) is 29.1 Å². The van der Waals surface area contributed by atoms with Crippen molar-refractivity contribution in [2.24, 2.45) is 5.92 Å². The van der Waals surface area contributed by atoms with Gasteiger partial charge in [-0.25, -0.2) is 8.42 Å². The first-order valence-electron chi connectivity index (χ1n) is 7.15. The Balaban J connectivity index is 1.99. The lowest BCUT2D eigenvalue weighted by molar-refractivity contribution is 0.0967. The highest BCUT2D eigenvalue weighted by Crippen LogP contribution is 2.34. The van der Waals surface area contributed by atoms with Crippen LogP contribution in [0.3, 0.4) is 0 Å². The van der Waals surface area contributed by atoms with Crippen LogP contribution in [0.15, 0.2) is 23.1 Å². The summed E-state index contributed by atoms with van der Waals surface area (Å²) in [6, 6.07) is 5.07. The molecule has 5 heteroatoms. The highest BCUT2D eigenvalue weighted by atomic mass is 32.2. The third-order valence-corrected chi connectivity index (χ3v) is 6.14. The minimum Gasteiger partial charge on any atom is -0.294 e. The van der Waals surface area contributed by atoms with Crippen LogP contribution in [-0.2, 0) is 10.0 Å². The van der Waals surface area contributed by atoms with Crippen LogP contribution >= 0.6 is 0 Å². The van der Waals surface area contributed by atoms with Crippen LogP contribution in [0, 0.1) is 12.8 Å². The molecule has 1 aliphatic heterocycles. The number of carbonyl (C=O) groups is 1. The van der Waals surface area contributed by atoms with Crippen LogP contribution in [0.25, 0.3) is 0 Å². The van der Waals surface area contributed by atoms with Crippen molar-refractivity contribution >= 4 is 15.8 Å². The molecule has 2 fully saturated rings. The van der Waals surface area contributed by atoms with Crippen molar-refractivity contribution in [1.29, 1.82) is 0 Å². The molecule has 0 aromatic heterocycles. The van der Waals surface area contributed by atoms with Gasteiger partial charge in [0.05, 0.1) is 4.90 Å². The summed E-state index contributed by atoms with van der Waals surface area (Å²) in [6.45, 7) is 2.96. The minimum absolute atomic E-state index is 0.0860. The summed E-state index contributed by atoms with van der Waals surface area (Å²) in [5, 5.41) is 0. The molecule has 1 saturated carbocycles. The third kappa shape index (κ3) is 2.40. The first-order valence-corrected chi connectivity index (χ1v) is 8.59. The van der Waals surface area contributed by atoms with Crippen molar-refractivity contribution < 1.29 is 13.2 Å². The van der Waals surface area contributed by atoms with Gasteiger partial charge in [0.1, 0.15) is 0 Å². The summed E-state index contributed by atoms with van der Waals surface area (Å²) in [6.07, 6.45) is 3.69. The van der Waals surface area contributed by atoms with E-state index in [0.717, 1.165) is 25.7 Å². The Bertz CT molecular complexity index is 641. The Hall–Kier alpha value is -1.20. The van der Waals surface area contributed by atoms with E-state index >= 15 is 0 Å².